The number of nitrogens with one attached hydrogen (secondary N) is 1. The van der Waals surface area contributed by atoms with E-state index in [1.807, 2.05) is 12.1 Å². The molecule has 1 aromatic heterocycles. The van der Waals surface area contributed by atoms with E-state index in [4.69, 9.17) is 5.73 Å². The van der Waals surface area contributed by atoms with Crippen LogP contribution in [-0.2, 0) is 0 Å². The molecule has 6 heteroatoms. The monoisotopic (exact) mass is 219 g/mol. The van der Waals surface area contributed by atoms with Gasteiger partial charge in [0.15, 0.2) is 0 Å². The van der Waals surface area contributed by atoms with Crippen LogP contribution in [0.1, 0.15) is 5.56 Å². The van der Waals surface area contributed by atoms with E-state index in [1.165, 1.54) is 11.7 Å². The number of anilines is 1. The third kappa shape index (κ3) is 1.25. The summed E-state index contributed by atoms with van der Waals surface area (Å²) >= 11 is 1.18. The molecule has 15 heavy (non-hydrogen) atoms. The van der Waals surface area contributed by atoms with Gasteiger partial charge in [-0.25, -0.2) is 0 Å². The zero-order valence-corrected chi connectivity index (χ0v) is 8.71. The van der Waals surface area contributed by atoms with Gasteiger partial charge in [-0.2, -0.15) is 8.75 Å². The number of aromatic nitrogens is 2. The normalized spacial score (nSPS) is 15.3. The highest BCUT2D eigenvalue weighted by Gasteiger charge is 2.14. The number of nitrogens with zero attached hydrogens (tertiary/aromatic N) is 3. The van der Waals surface area contributed by atoms with E-state index >= 15 is 0 Å². The van der Waals surface area contributed by atoms with Gasteiger partial charge in [-0.1, -0.05) is 0 Å². The van der Waals surface area contributed by atoms with Gasteiger partial charge in [0.05, 0.1) is 24.0 Å². The molecule has 76 valence electrons. The van der Waals surface area contributed by atoms with Gasteiger partial charge in [0, 0.05) is 12.1 Å². The molecule has 2 aromatic rings. The predicted molar refractivity (Wildman–Crippen MR) is 61.2 cm³/mol. The maximum atomic E-state index is 6.03. The Morgan fingerprint density at radius 1 is 1.33 bits per heavy atom. The molecule has 2 heterocycles. The summed E-state index contributed by atoms with van der Waals surface area (Å²) in [5, 5.41) is 3.20. The van der Waals surface area contributed by atoms with Crippen molar-refractivity contribution in [1.82, 2.24) is 14.1 Å². The van der Waals surface area contributed by atoms with E-state index in [9.17, 15) is 0 Å². The van der Waals surface area contributed by atoms with Crippen LogP contribution >= 0.6 is 11.7 Å². The minimum absolute atomic E-state index is 0.661. The quantitative estimate of drug-likeness (QED) is 0.689. The second-order valence-corrected chi connectivity index (χ2v) is 3.84. The molecule has 1 aliphatic rings. The molecule has 1 aliphatic heterocycles. The number of aliphatic imine (C=N–C) groups is 1. The van der Waals surface area contributed by atoms with Gasteiger partial charge in [-0.15, -0.1) is 0 Å². The van der Waals surface area contributed by atoms with Crippen molar-refractivity contribution in [2.24, 2.45) is 4.99 Å². The van der Waals surface area contributed by atoms with Crippen LogP contribution in [0.5, 0.6) is 0 Å². The largest absolute Gasteiger partial charge is 0.396 e. The molecule has 3 N–H and O–H groups in total. The van der Waals surface area contributed by atoms with Crippen LogP contribution in [0, 0.1) is 0 Å². The highest BCUT2D eigenvalue weighted by atomic mass is 32.1. The van der Waals surface area contributed by atoms with Crippen LogP contribution in [0.4, 0.5) is 5.69 Å². The molecule has 0 fully saturated rings. The van der Waals surface area contributed by atoms with Gasteiger partial charge in [0.25, 0.3) is 0 Å². The standard InChI is InChI=1S/C9H9N5S/c10-7-5(9-11-3-4-12-9)1-2-6-8(7)14-15-13-6/h1-2H,3-4,10H2,(H,11,12). The summed E-state index contributed by atoms with van der Waals surface area (Å²) in [5.74, 6) is 0.863. The van der Waals surface area contributed by atoms with Crippen molar-refractivity contribution >= 4 is 34.3 Å². The van der Waals surface area contributed by atoms with Gasteiger partial charge in [0.2, 0.25) is 0 Å². The molecule has 0 saturated heterocycles. The Kier molecular flexibility index (Phi) is 1.81. The van der Waals surface area contributed by atoms with Gasteiger partial charge in [-0.3, -0.25) is 4.99 Å². The average molecular weight is 219 g/mol. The van der Waals surface area contributed by atoms with Crippen molar-refractivity contribution in [2.75, 3.05) is 18.8 Å². The van der Waals surface area contributed by atoms with Crippen molar-refractivity contribution < 1.29 is 0 Å². The third-order valence-electron chi connectivity index (χ3n) is 2.40. The van der Waals surface area contributed by atoms with E-state index < -0.39 is 0 Å². The summed E-state index contributed by atoms with van der Waals surface area (Å²) in [6.07, 6.45) is 0. The zero-order chi connectivity index (χ0) is 10.3. The first-order chi connectivity index (χ1) is 7.36. The number of fused-ring (bicyclic) bond motifs is 1. The molecule has 0 saturated carbocycles. The molecule has 5 nitrogen and oxygen atoms in total. The van der Waals surface area contributed by atoms with E-state index in [2.05, 4.69) is 19.1 Å². The third-order valence-corrected chi connectivity index (χ3v) is 2.94. The molecule has 0 spiro atoms. The van der Waals surface area contributed by atoms with Gasteiger partial charge >= 0.3 is 0 Å². The second kappa shape index (κ2) is 3.16. The van der Waals surface area contributed by atoms with Crippen molar-refractivity contribution in [3.05, 3.63) is 17.7 Å². The molecule has 0 radical (unpaired) electrons. The van der Waals surface area contributed by atoms with Crippen LogP contribution in [0.3, 0.4) is 0 Å². The predicted octanol–water partition coefficient (Wildman–Crippen LogP) is 0.623. The van der Waals surface area contributed by atoms with Gasteiger partial charge in [0.1, 0.15) is 16.9 Å². The summed E-state index contributed by atoms with van der Waals surface area (Å²) in [6.45, 7) is 1.68. The molecule has 0 bridgehead atoms. The smallest absolute Gasteiger partial charge is 0.130 e. The first-order valence-corrected chi connectivity index (χ1v) is 5.39. The second-order valence-electron chi connectivity index (χ2n) is 3.32. The Morgan fingerprint density at radius 2 is 2.27 bits per heavy atom. The Bertz CT molecular complexity index is 544. The van der Waals surface area contributed by atoms with Crippen molar-refractivity contribution in [1.29, 1.82) is 0 Å². The van der Waals surface area contributed by atoms with E-state index in [-0.39, 0.29) is 0 Å². The maximum Gasteiger partial charge on any atom is 0.130 e. The highest BCUT2D eigenvalue weighted by molar-refractivity contribution is 7.00. The SMILES string of the molecule is Nc1c(C2=NCCN2)ccc2nsnc12. The number of benzene rings is 1. The number of amidine groups is 1. The van der Waals surface area contributed by atoms with Crippen molar-refractivity contribution in [2.45, 2.75) is 0 Å². The molecule has 1 aromatic carbocycles. The maximum absolute atomic E-state index is 6.03. The number of nitrogens with two attached hydrogens (primary N) is 1. The fraction of sp³-hybridized carbons (Fsp3) is 0.222. The van der Waals surface area contributed by atoms with Gasteiger partial charge in [-0.05, 0) is 12.1 Å². The number of hydrogen-bond acceptors (Lipinski definition) is 6. The summed E-state index contributed by atoms with van der Waals surface area (Å²) in [5.41, 5.74) is 9.23. The number of nitrogen functional groups attached to an aromatic ring is 1. The van der Waals surface area contributed by atoms with Crippen LogP contribution in [0.15, 0.2) is 17.1 Å². The number of rotatable bonds is 1. The van der Waals surface area contributed by atoms with Crippen molar-refractivity contribution in [3.8, 4) is 0 Å². The minimum atomic E-state index is 0.661. The van der Waals surface area contributed by atoms with Gasteiger partial charge < -0.3 is 11.1 Å². The van der Waals surface area contributed by atoms with E-state index in [1.54, 1.807) is 0 Å². The Labute approximate surface area is 90.3 Å². The lowest BCUT2D eigenvalue weighted by Gasteiger charge is -2.05. The molecule has 0 atom stereocenters. The molecule has 0 unspecified atom stereocenters. The van der Waals surface area contributed by atoms with Crippen LogP contribution < -0.4 is 11.1 Å². The summed E-state index contributed by atoms with van der Waals surface area (Å²) in [4.78, 5) is 4.34. The molecule has 0 aliphatic carbocycles. The number of hydrogen-bond donors (Lipinski definition) is 2. The fourth-order valence-corrected chi connectivity index (χ4v) is 2.21. The Morgan fingerprint density at radius 3 is 3.07 bits per heavy atom. The van der Waals surface area contributed by atoms with Crippen LogP contribution in [0.2, 0.25) is 0 Å². The van der Waals surface area contributed by atoms with Crippen LogP contribution in [0.25, 0.3) is 11.0 Å². The summed E-state index contributed by atoms with van der Waals surface area (Å²) in [7, 11) is 0. The zero-order valence-electron chi connectivity index (χ0n) is 7.90. The lowest BCUT2D eigenvalue weighted by atomic mass is 10.1. The average Bonchev–Trinajstić information content (AvgIpc) is 2.87. The molecule has 3 rings (SSSR count). The van der Waals surface area contributed by atoms with E-state index in [0.717, 1.165) is 35.5 Å². The summed E-state index contributed by atoms with van der Waals surface area (Å²) < 4.78 is 8.31. The van der Waals surface area contributed by atoms with Crippen LogP contribution in [-0.4, -0.2) is 27.7 Å². The fourth-order valence-electron chi connectivity index (χ4n) is 1.66. The topological polar surface area (TPSA) is 76.2 Å². The lowest BCUT2D eigenvalue weighted by molar-refractivity contribution is 0.960. The highest BCUT2D eigenvalue weighted by Crippen LogP contribution is 2.23. The first kappa shape index (κ1) is 8.60. The Hall–Kier alpha value is -1.69. The summed E-state index contributed by atoms with van der Waals surface area (Å²) in [6, 6.07) is 3.86. The molecule has 0 amide bonds. The van der Waals surface area contributed by atoms with Crippen molar-refractivity contribution in [3.63, 3.8) is 0 Å². The minimum Gasteiger partial charge on any atom is -0.396 e. The first-order valence-electron chi connectivity index (χ1n) is 4.66. The van der Waals surface area contributed by atoms with E-state index in [0.29, 0.717) is 5.69 Å². The Balaban J connectivity index is 2.22. The molecular weight excluding hydrogens is 210 g/mol. The lowest BCUT2D eigenvalue weighted by Crippen LogP contribution is -2.20. The molecular formula is C9H9N5S.